The molecule has 0 saturated heterocycles. The summed E-state index contributed by atoms with van der Waals surface area (Å²) >= 11 is 1.26. The molecule has 408 valence electrons. The first-order valence-corrected chi connectivity index (χ1v) is 24.6. The van der Waals surface area contributed by atoms with E-state index in [0.717, 1.165) is 6.92 Å². The average Bonchev–Trinajstić information content (AvgIpc) is 3.32. The lowest BCUT2D eigenvalue weighted by Gasteiger charge is -2.28. The Morgan fingerprint density at radius 2 is 0.986 bits per heavy atom. The molecule has 0 radical (unpaired) electrons. The maximum atomic E-state index is 14.0. The Hall–Kier alpha value is -6.91. The minimum Gasteiger partial charge on any atom is -0.481 e. The monoisotopic (exact) mass is 1050 g/mol. The predicted octanol–water partition coefficient (Wildman–Crippen LogP) is -3.73. The van der Waals surface area contributed by atoms with Crippen LogP contribution in [0.25, 0.3) is 0 Å². The second-order valence-corrected chi connectivity index (χ2v) is 18.2. The highest BCUT2D eigenvalue weighted by Crippen LogP contribution is 2.11. The highest BCUT2D eigenvalue weighted by molar-refractivity contribution is 7.98. The Bertz CT molecular complexity index is 2070. The number of unbranched alkanes of at least 4 members (excludes halogenated alkanes) is 1. The molecule has 0 aliphatic carbocycles. The zero-order chi connectivity index (χ0) is 55.4. The molecule has 1 aromatic carbocycles. The van der Waals surface area contributed by atoms with Gasteiger partial charge in [-0.05, 0) is 75.5 Å². The van der Waals surface area contributed by atoms with E-state index < -0.39 is 170 Å². The summed E-state index contributed by atoms with van der Waals surface area (Å²) in [5.74, 6) is -14.2. The van der Waals surface area contributed by atoms with Gasteiger partial charge < -0.3 is 79.5 Å². The highest BCUT2D eigenvalue weighted by Gasteiger charge is 2.36. The van der Waals surface area contributed by atoms with Crippen LogP contribution in [0.1, 0.15) is 84.1 Å². The molecule has 9 unspecified atom stereocenters. The summed E-state index contributed by atoms with van der Waals surface area (Å²) in [6.07, 6.45) is -1.12. The van der Waals surface area contributed by atoms with Crippen molar-refractivity contribution in [2.45, 2.75) is 139 Å². The number of nitrogens with one attached hydrogen (secondary N) is 8. The van der Waals surface area contributed by atoms with Gasteiger partial charge in [0, 0.05) is 19.3 Å². The Morgan fingerprint density at radius 3 is 1.47 bits per heavy atom. The van der Waals surface area contributed by atoms with Crippen molar-refractivity contribution in [3.63, 3.8) is 0 Å². The Balaban J connectivity index is 3.33. The number of carbonyl (C=O) groups is 12. The number of benzene rings is 1. The summed E-state index contributed by atoms with van der Waals surface area (Å²) in [5.41, 5.74) is 11.8. The van der Waals surface area contributed by atoms with E-state index in [9.17, 15) is 83.1 Å². The number of nitrogens with two attached hydrogens (primary N) is 2. The van der Waals surface area contributed by atoms with E-state index in [2.05, 4.69) is 42.5 Å². The van der Waals surface area contributed by atoms with E-state index in [1.165, 1.54) is 11.8 Å². The fraction of sp³-hybridized carbons (Fsp3) is 0.600. The van der Waals surface area contributed by atoms with Crippen LogP contribution in [0.3, 0.4) is 0 Å². The van der Waals surface area contributed by atoms with Crippen LogP contribution in [-0.2, 0) is 64.0 Å². The second kappa shape index (κ2) is 33.7. The molecule has 0 aromatic heterocycles. The third-order valence-electron chi connectivity index (χ3n) is 10.8. The summed E-state index contributed by atoms with van der Waals surface area (Å²) in [6, 6.07) is -5.50. The number of carboxylic acid groups (broad SMARTS) is 4. The lowest BCUT2D eigenvalue weighted by atomic mass is 10.0. The maximum Gasteiger partial charge on any atom is 0.326 e. The fourth-order valence-electron chi connectivity index (χ4n) is 6.68. The third kappa shape index (κ3) is 24.9. The van der Waals surface area contributed by atoms with E-state index in [0.29, 0.717) is 12.0 Å². The molecule has 1 aromatic rings. The molecule has 8 amide bonds. The number of aliphatic hydroxyl groups is 1. The molecule has 0 bridgehead atoms. The minimum atomic E-state index is -1.88. The van der Waals surface area contributed by atoms with Gasteiger partial charge >= 0.3 is 23.9 Å². The predicted molar refractivity (Wildman–Crippen MR) is 261 cm³/mol. The van der Waals surface area contributed by atoms with E-state index in [4.69, 9.17) is 11.5 Å². The first-order valence-electron chi connectivity index (χ1n) is 23.3. The molecular weight excluding hydrogens is 985 g/mol. The van der Waals surface area contributed by atoms with Crippen molar-refractivity contribution < 1.29 is 83.1 Å². The van der Waals surface area contributed by atoms with Gasteiger partial charge in [0.15, 0.2) is 0 Å². The number of hydrogen-bond donors (Lipinski definition) is 15. The van der Waals surface area contributed by atoms with Crippen molar-refractivity contribution in [2.75, 3.05) is 25.2 Å². The zero-order valence-corrected chi connectivity index (χ0v) is 41.9. The van der Waals surface area contributed by atoms with Crippen LogP contribution in [0, 0.1) is 5.92 Å². The summed E-state index contributed by atoms with van der Waals surface area (Å²) < 4.78 is 0. The number of hydrogen-bond acceptors (Lipinski definition) is 16. The molecule has 0 heterocycles. The molecule has 73 heavy (non-hydrogen) atoms. The standard InChI is InChI=1S/C45H70N10O17S/c1-23(2)36(55-42(68)29(14-16-34(59)60)50-38(64)26(47)22-56)44(70)52-27(12-8-9-18-46)39(65)51-30(17-19-73-4)41(67)53-31(21-35(61)62)43(69)48-24(3)37(63)49-28(13-15-33(57)58)40(66)54-32(45(71)72)20-25-10-6-5-7-11-25/h5-7,10-11,23-24,26-32,36,56H,8-9,12-22,46-47H2,1-4H3,(H,48,69)(H,49,63)(H,50,64)(H,51,65)(H,52,70)(H,53,67)(H,54,66)(H,55,68)(H,57,58)(H,59,60)(H,61,62)(H,71,72). The summed E-state index contributed by atoms with van der Waals surface area (Å²) in [7, 11) is 0. The van der Waals surface area contributed by atoms with Crippen LogP contribution in [0.15, 0.2) is 30.3 Å². The number of aliphatic hydroxyl groups excluding tert-OH is 1. The van der Waals surface area contributed by atoms with Crippen LogP contribution in [0.4, 0.5) is 0 Å². The minimum absolute atomic E-state index is 0.0443. The zero-order valence-electron chi connectivity index (χ0n) is 41.1. The number of carbonyl (C=O) groups excluding carboxylic acids is 8. The van der Waals surface area contributed by atoms with Gasteiger partial charge in [-0.2, -0.15) is 11.8 Å². The molecule has 17 N–H and O–H groups in total. The molecule has 9 atom stereocenters. The second-order valence-electron chi connectivity index (χ2n) is 17.2. The van der Waals surface area contributed by atoms with Crippen LogP contribution in [-0.4, -0.2) is 176 Å². The summed E-state index contributed by atoms with van der Waals surface area (Å²) in [6.45, 7) is 3.64. The van der Waals surface area contributed by atoms with Gasteiger partial charge in [-0.25, -0.2) is 4.79 Å². The normalized spacial score (nSPS) is 14.7. The van der Waals surface area contributed by atoms with E-state index in [1.807, 2.05) is 0 Å². The van der Waals surface area contributed by atoms with Gasteiger partial charge in [-0.15, -0.1) is 0 Å². The van der Waals surface area contributed by atoms with Crippen molar-refractivity contribution in [1.29, 1.82) is 0 Å². The Kier molecular flexibility index (Phi) is 29.6. The third-order valence-corrected chi connectivity index (χ3v) is 11.5. The first kappa shape index (κ1) is 64.1. The number of carboxylic acids is 4. The van der Waals surface area contributed by atoms with Gasteiger partial charge in [-0.1, -0.05) is 44.2 Å². The largest absolute Gasteiger partial charge is 0.481 e. The average molecular weight is 1060 g/mol. The Morgan fingerprint density at radius 1 is 0.534 bits per heavy atom. The van der Waals surface area contributed by atoms with Crippen molar-refractivity contribution in [1.82, 2.24) is 42.5 Å². The molecule has 1 rings (SSSR count). The molecule has 0 aliphatic rings. The van der Waals surface area contributed by atoms with Crippen molar-refractivity contribution >= 4 is 82.9 Å². The van der Waals surface area contributed by atoms with Gasteiger partial charge in [0.2, 0.25) is 47.3 Å². The van der Waals surface area contributed by atoms with Crippen molar-refractivity contribution in [2.24, 2.45) is 17.4 Å². The van der Waals surface area contributed by atoms with Crippen LogP contribution in [0.5, 0.6) is 0 Å². The summed E-state index contributed by atoms with van der Waals surface area (Å²) in [4.78, 5) is 154. The van der Waals surface area contributed by atoms with Gasteiger partial charge in [0.1, 0.15) is 54.4 Å². The van der Waals surface area contributed by atoms with Crippen LogP contribution >= 0.6 is 11.8 Å². The van der Waals surface area contributed by atoms with Crippen molar-refractivity contribution in [3.8, 4) is 0 Å². The van der Waals surface area contributed by atoms with Gasteiger partial charge in [0.25, 0.3) is 0 Å². The smallest absolute Gasteiger partial charge is 0.326 e. The molecular formula is C45H70N10O17S. The van der Waals surface area contributed by atoms with Crippen LogP contribution < -0.4 is 54.0 Å². The van der Waals surface area contributed by atoms with Gasteiger partial charge in [0.05, 0.1) is 13.0 Å². The molecule has 0 aliphatic heterocycles. The van der Waals surface area contributed by atoms with Crippen molar-refractivity contribution in [3.05, 3.63) is 35.9 Å². The first-order chi connectivity index (χ1) is 34.3. The van der Waals surface area contributed by atoms with E-state index in [-0.39, 0.29) is 38.0 Å². The molecule has 27 nitrogen and oxygen atoms in total. The Labute approximate surface area is 425 Å². The number of rotatable bonds is 36. The molecule has 28 heteroatoms. The van der Waals surface area contributed by atoms with E-state index >= 15 is 0 Å². The topological polar surface area (TPSA) is 454 Å². The molecule has 0 spiro atoms. The maximum absolute atomic E-state index is 14.0. The lowest BCUT2D eigenvalue weighted by Crippen LogP contribution is -2.61. The number of thioether (sulfide) groups is 1. The molecule has 0 fully saturated rings. The molecule has 0 saturated carbocycles. The quantitative estimate of drug-likeness (QED) is 0.0287. The highest BCUT2D eigenvalue weighted by atomic mass is 32.2. The number of aliphatic carboxylic acids is 4. The summed E-state index contributed by atoms with van der Waals surface area (Å²) in [5, 5.41) is 66.1. The lowest BCUT2D eigenvalue weighted by molar-refractivity contribution is -0.143. The van der Waals surface area contributed by atoms with E-state index in [1.54, 1.807) is 50.4 Å². The van der Waals surface area contributed by atoms with Crippen LogP contribution in [0.2, 0.25) is 0 Å². The fourth-order valence-corrected chi connectivity index (χ4v) is 7.15. The number of amides is 8. The van der Waals surface area contributed by atoms with Gasteiger partial charge in [-0.3, -0.25) is 52.7 Å². The SMILES string of the molecule is CSCCC(NC(=O)C(CCCCN)NC(=O)C(NC(=O)C(CCC(=O)O)NC(=O)C(N)CO)C(C)C)C(=O)NC(CC(=O)O)C(=O)NC(C)C(=O)NC(CCC(=O)O)C(=O)NC(Cc1ccccc1)C(=O)O.